The summed E-state index contributed by atoms with van der Waals surface area (Å²) in [6, 6.07) is 2.04. The molecular weight excluding hydrogens is 294 g/mol. The number of amides is 1. The molecule has 1 aromatic rings. The van der Waals surface area contributed by atoms with Gasteiger partial charge in [-0.15, -0.1) is 11.3 Å². The molecule has 0 bridgehead atoms. The van der Waals surface area contributed by atoms with E-state index in [1.807, 2.05) is 0 Å². The molecule has 2 heterocycles. The van der Waals surface area contributed by atoms with Gasteiger partial charge in [0.05, 0.1) is 16.4 Å². The molecule has 0 aromatic carbocycles. The van der Waals surface area contributed by atoms with Gasteiger partial charge in [-0.1, -0.05) is 25.7 Å². The molecule has 4 nitrogen and oxygen atoms in total. The number of hydrogen-bond donors (Lipinski definition) is 1. The van der Waals surface area contributed by atoms with Crippen LogP contribution in [0.25, 0.3) is 0 Å². The van der Waals surface area contributed by atoms with Crippen LogP contribution in [0.2, 0.25) is 0 Å². The highest BCUT2D eigenvalue weighted by Gasteiger charge is 2.29. The summed E-state index contributed by atoms with van der Waals surface area (Å²) in [6.45, 7) is 0. The third-order valence-corrected chi connectivity index (χ3v) is 6.88. The number of carbonyl (C=O) groups excluding carboxylic acids is 1. The van der Waals surface area contributed by atoms with Crippen molar-refractivity contribution in [3.8, 4) is 0 Å². The Labute approximate surface area is 123 Å². The van der Waals surface area contributed by atoms with Crippen molar-refractivity contribution in [3.63, 3.8) is 0 Å². The van der Waals surface area contributed by atoms with Crippen molar-refractivity contribution in [3.05, 3.63) is 21.4 Å². The molecule has 0 atom stereocenters. The lowest BCUT2D eigenvalue weighted by atomic mass is 10.1. The summed E-state index contributed by atoms with van der Waals surface area (Å²) in [5.74, 6) is 0.160. The van der Waals surface area contributed by atoms with Gasteiger partial charge in [0, 0.05) is 10.9 Å². The van der Waals surface area contributed by atoms with Crippen molar-refractivity contribution in [1.82, 2.24) is 5.32 Å². The molecule has 1 aromatic heterocycles. The van der Waals surface area contributed by atoms with E-state index < -0.39 is 9.84 Å². The van der Waals surface area contributed by atoms with Crippen LogP contribution in [0.4, 0.5) is 0 Å². The first-order valence-corrected chi connectivity index (χ1v) is 9.80. The lowest BCUT2D eigenvalue weighted by molar-refractivity contribution is 0.0937. The van der Waals surface area contributed by atoms with Gasteiger partial charge in [0.15, 0.2) is 9.84 Å². The number of hydrogen-bond acceptors (Lipinski definition) is 4. The van der Waals surface area contributed by atoms with Crippen LogP contribution in [0.1, 0.15) is 58.6 Å². The predicted octanol–water partition coefficient (Wildman–Crippen LogP) is 2.63. The Morgan fingerprint density at radius 3 is 2.50 bits per heavy atom. The second-order valence-corrected chi connectivity index (χ2v) is 8.95. The Balaban J connectivity index is 1.66. The van der Waals surface area contributed by atoms with Gasteiger partial charge in [-0.2, -0.15) is 0 Å². The van der Waals surface area contributed by atoms with Crippen molar-refractivity contribution in [1.29, 1.82) is 0 Å². The van der Waals surface area contributed by atoms with E-state index in [-0.39, 0.29) is 23.5 Å². The maximum absolute atomic E-state index is 12.2. The van der Waals surface area contributed by atoms with Crippen LogP contribution in [-0.2, 0) is 21.3 Å². The molecule has 0 radical (unpaired) electrons. The number of nitrogens with one attached hydrogen (secondary N) is 1. The van der Waals surface area contributed by atoms with Crippen LogP contribution >= 0.6 is 11.3 Å². The van der Waals surface area contributed by atoms with Gasteiger partial charge in [-0.3, -0.25) is 4.79 Å². The fourth-order valence-electron chi connectivity index (χ4n) is 2.99. The van der Waals surface area contributed by atoms with Crippen LogP contribution in [0.15, 0.2) is 6.07 Å². The normalized spacial score (nSPS) is 22.2. The fourth-order valence-corrected chi connectivity index (χ4v) is 6.16. The average Bonchev–Trinajstić information content (AvgIpc) is 2.74. The molecule has 3 rings (SSSR count). The quantitative estimate of drug-likeness (QED) is 0.854. The van der Waals surface area contributed by atoms with Gasteiger partial charge >= 0.3 is 0 Å². The second kappa shape index (κ2) is 5.48. The molecule has 1 saturated carbocycles. The van der Waals surface area contributed by atoms with Crippen LogP contribution in [0.5, 0.6) is 0 Å². The van der Waals surface area contributed by atoms with E-state index >= 15 is 0 Å². The van der Waals surface area contributed by atoms with E-state index in [0.717, 1.165) is 23.3 Å². The number of thiophene rings is 1. The molecule has 110 valence electrons. The Morgan fingerprint density at radius 2 is 1.85 bits per heavy atom. The van der Waals surface area contributed by atoms with E-state index in [2.05, 4.69) is 5.32 Å². The summed E-state index contributed by atoms with van der Waals surface area (Å²) in [5, 5.41) is 3.11. The molecule has 2 aliphatic rings. The topological polar surface area (TPSA) is 63.2 Å². The van der Waals surface area contributed by atoms with Gasteiger partial charge in [0.1, 0.15) is 0 Å². The average molecular weight is 313 g/mol. The second-order valence-electron chi connectivity index (χ2n) is 5.75. The van der Waals surface area contributed by atoms with E-state index in [0.29, 0.717) is 4.88 Å². The molecule has 1 aliphatic carbocycles. The van der Waals surface area contributed by atoms with Crippen LogP contribution in [0, 0.1) is 0 Å². The standard InChI is InChI=1S/C14H19NO3S2/c16-14(15-11-5-3-1-2-4-6-11)12-7-10-8-20(17,18)9-13(10)19-12/h7,11H,1-6,8-9H2,(H,15,16). The van der Waals surface area contributed by atoms with E-state index in [9.17, 15) is 13.2 Å². The smallest absolute Gasteiger partial charge is 0.261 e. The number of rotatable bonds is 2. The van der Waals surface area contributed by atoms with Crippen molar-refractivity contribution in [2.24, 2.45) is 0 Å². The minimum Gasteiger partial charge on any atom is -0.349 e. The first kappa shape index (κ1) is 14.1. The number of fused-ring (bicyclic) bond motifs is 1. The zero-order valence-corrected chi connectivity index (χ0v) is 13.0. The van der Waals surface area contributed by atoms with Crippen molar-refractivity contribution >= 4 is 27.1 Å². The lowest BCUT2D eigenvalue weighted by Gasteiger charge is -2.15. The summed E-state index contributed by atoms with van der Waals surface area (Å²) in [6.07, 6.45) is 7.01. The first-order valence-electron chi connectivity index (χ1n) is 7.16. The molecule has 0 unspecified atom stereocenters. The van der Waals surface area contributed by atoms with Gasteiger partial charge in [-0.05, 0) is 24.5 Å². The minimum atomic E-state index is -2.96. The molecule has 0 saturated heterocycles. The fraction of sp³-hybridized carbons (Fsp3) is 0.643. The van der Waals surface area contributed by atoms with Gasteiger partial charge in [0.2, 0.25) is 0 Å². The molecule has 1 N–H and O–H groups in total. The summed E-state index contributed by atoms with van der Waals surface area (Å²) in [5.41, 5.74) is 0.820. The molecule has 0 spiro atoms. The molecule has 1 amide bonds. The molecule has 20 heavy (non-hydrogen) atoms. The van der Waals surface area contributed by atoms with E-state index in [1.54, 1.807) is 6.07 Å². The lowest BCUT2D eigenvalue weighted by Crippen LogP contribution is -2.33. The highest BCUT2D eigenvalue weighted by molar-refractivity contribution is 7.90. The van der Waals surface area contributed by atoms with E-state index in [1.165, 1.54) is 37.0 Å². The third kappa shape index (κ3) is 3.06. The van der Waals surface area contributed by atoms with E-state index in [4.69, 9.17) is 0 Å². The summed E-state index contributed by atoms with van der Waals surface area (Å²) in [4.78, 5) is 13.7. The van der Waals surface area contributed by atoms with Crippen LogP contribution in [0.3, 0.4) is 0 Å². The largest absolute Gasteiger partial charge is 0.349 e. The SMILES string of the molecule is O=C(NC1CCCCCC1)c1cc2c(s1)CS(=O)(=O)C2. The Kier molecular flexibility index (Phi) is 3.86. The molecular formula is C14H19NO3S2. The molecule has 6 heteroatoms. The number of sulfone groups is 1. The maximum atomic E-state index is 12.2. The van der Waals surface area contributed by atoms with Gasteiger partial charge in [0.25, 0.3) is 5.91 Å². The highest BCUT2D eigenvalue weighted by atomic mass is 32.2. The Hall–Kier alpha value is -0.880. The Morgan fingerprint density at radius 1 is 1.15 bits per heavy atom. The number of carbonyl (C=O) groups is 1. The highest BCUT2D eigenvalue weighted by Crippen LogP contribution is 2.32. The van der Waals surface area contributed by atoms with Crippen molar-refractivity contribution < 1.29 is 13.2 Å². The van der Waals surface area contributed by atoms with Gasteiger partial charge in [-0.25, -0.2) is 8.42 Å². The zero-order valence-electron chi connectivity index (χ0n) is 11.4. The van der Waals surface area contributed by atoms with Crippen molar-refractivity contribution in [2.45, 2.75) is 56.1 Å². The molecule has 1 fully saturated rings. The third-order valence-electron chi connectivity index (χ3n) is 4.04. The summed E-state index contributed by atoms with van der Waals surface area (Å²) < 4.78 is 23.0. The summed E-state index contributed by atoms with van der Waals surface area (Å²) in [7, 11) is -2.96. The first-order chi connectivity index (χ1) is 9.53. The molecule has 1 aliphatic heterocycles. The predicted molar refractivity (Wildman–Crippen MR) is 79.6 cm³/mol. The monoisotopic (exact) mass is 313 g/mol. The maximum Gasteiger partial charge on any atom is 0.261 e. The zero-order chi connectivity index (χ0) is 14.2. The van der Waals surface area contributed by atoms with Crippen LogP contribution in [-0.4, -0.2) is 20.4 Å². The van der Waals surface area contributed by atoms with Gasteiger partial charge < -0.3 is 5.32 Å². The summed E-state index contributed by atoms with van der Waals surface area (Å²) >= 11 is 1.33. The van der Waals surface area contributed by atoms with Crippen molar-refractivity contribution in [2.75, 3.05) is 0 Å². The minimum absolute atomic E-state index is 0.0336. The van der Waals surface area contributed by atoms with Crippen LogP contribution < -0.4 is 5.32 Å². The Bertz CT molecular complexity index is 581.